The summed E-state index contributed by atoms with van der Waals surface area (Å²) in [6, 6.07) is 0. The van der Waals surface area contributed by atoms with Crippen molar-refractivity contribution in [3.8, 4) is 0 Å². The lowest BCUT2D eigenvalue weighted by Gasteiger charge is -2.59. The van der Waals surface area contributed by atoms with Crippen molar-refractivity contribution in [3.05, 3.63) is 0 Å². The minimum absolute atomic E-state index is 0.00375. The molecule has 2 spiro atoms. The summed E-state index contributed by atoms with van der Waals surface area (Å²) in [6.07, 6.45) is 9.20. The van der Waals surface area contributed by atoms with E-state index in [1.54, 1.807) is 0 Å². The molecule has 0 aromatic heterocycles. The van der Waals surface area contributed by atoms with E-state index in [4.69, 9.17) is 14.2 Å². The van der Waals surface area contributed by atoms with Crippen LogP contribution in [0.2, 0.25) is 0 Å². The van der Waals surface area contributed by atoms with Crippen molar-refractivity contribution >= 4 is 0 Å². The van der Waals surface area contributed by atoms with Crippen LogP contribution in [-0.2, 0) is 14.2 Å². The van der Waals surface area contributed by atoms with Gasteiger partial charge in [-0.05, 0) is 56.3 Å². The van der Waals surface area contributed by atoms with Crippen molar-refractivity contribution in [2.75, 3.05) is 13.2 Å². The van der Waals surface area contributed by atoms with E-state index in [1.165, 1.54) is 25.7 Å². The number of ether oxygens (including phenoxy) is 3. The number of hydrogen-bond acceptors (Lipinski definition) is 4. The first kappa shape index (κ1) is 15.9. The summed E-state index contributed by atoms with van der Waals surface area (Å²) in [7, 11) is 0. The molecule has 2 saturated heterocycles. The Bertz CT molecular complexity index is 601. The highest BCUT2D eigenvalue weighted by molar-refractivity contribution is 5.24. The van der Waals surface area contributed by atoms with Gasteiger partial charge in [0.1, 0.15) is 5.60 Å². The molecule has 140 valence electrons. The third-order valence-electron chi connectivity index (χ3n) is 9.86. The molecule has 4 heteroatoms. The normalized spacial score (nSPS) is 61.3. The zero-order valence-electron chi connectivity index (χ0n) is 15.6. The van der Waals surface area contributed by atoms with Gasteiger partial charge in [-0.15, -0.1) is 0 Å². The summed E-state index contributed by atoms with van der Waals surface area (Å²) in [5, 5.41) is 10.3. The molecule has 4 saturated carbocycles. The highest BCUT2D eigenvalue weighted by atomic mass is 16.7. The standard InChI is InChI=1S/C21H32O4/c1-18-6-3-13(22)12-20(18)17(25-20)11-14-15(18)4-7-19(2)16(14)5-8-21(19)23-9-10-24-21/h13-17,22H,3-12H2,1-2H3/t13-,14?,15?,16?,17-,18+,19-,20-/m0/s1. The highest BCUT2D eigenvalue weighted by Gasteiger charge is 2.77. The molecule has 8 atom stereocenters. The average Bonchev–Trinajstić information content (AvgIpc) is 2.95. The molecular formula is C21H32O4. The zero-order chi connectivity index (χ0) is 17.1. The first-order chi connectivity index (χ1) is 11.9. The largest absolute Gasteiger partial charge is 0.393 e. The van der Waals surface area contributed by atoms with Gasteiger partial charge in [-0.2, -0.15) is 0 Å². The molecule has 0 amide bonds. The fraction of sp³-hybridized carbons (Fsp3) is 1.00. The van der Waals surface area contributed by atoms with Crippen LogP contribution in [0.3, 0.4) is 0 Å². The fourth-order valence-electron chi connectivity index (χ4n) is 8.54. The van der Waals surface area contributed by atoms with E-state index in [2.05, 4.69) is 13.8 Å². The van der Waals surface area contributed by atoms with Gasteiger partial charge in [0.2, 0.25) is 0 Å². The Labute approximate surface area is 150 Å². The molecule has 1 N–H and O–H groups in total. The predicted molar refractivity (Wildman–Crippen MR) is 91.9 cm³/mol. The van der Waals surface area contributed by atoms with E-state index in [1.807, 2.05) is 0 Å². The van der Waals surface area contributed by atoms with Crippen molar-refractivity contribution in [2.24, 2.45) is 28.6 Å². The summed E-state index contributed by atoms with van der Waals surface area (Å²) in [5.74, 6) is 1.89. The van der Waals surface area contributed by atoms with Crippen LogP contribution in [0.5, 0.6) is 0 Å². The maximum absolute atomic E-state index is 10.3. The zero-order valence-corrected chi connectivity index (χ0v) is 15.6. The maximum Gasteiger partial charge on any atom is 0.174 e. The van der Waals surface area contributed by atoms with Crippen molar-refractivity contribution in [1.82, 2.24) is 0 Å². The molecule has 6 aliphatic rings. The Morgan fingerprint density at radius 2 is 1.56 bits per heavy atom. The monoisotopic (exact) mass is 348 g/mol. The Kier molecular flexibility index (Phi) is 2.93. The number of rotatable bonds is 0. The Morgan fingerprint density at radius 1 is 0.880 bits per heavy atom. The topological polar surface area (TPSA) is 51.2 Å². The van der Waals surface area contributed by atoms with Crippen LogP contribution in [0.1, 0.15) is 65.2 Å². The summed E-state index contributed by atoms with van der Waals surface area (Å²) in [6.45, 7) is 6.47. The molecule has 4 nitrogen and oxygen atoms in total. The molecule has 3 unspecified atom stereocenters. The summed E-state index contributed by atoms with van der Waals surface area (Å²) in [5.41, 5.74) is 0.425. The maximum atomic E-state index is 10.3. The second-order valence-electron chi connectivity index (χ2n) is 10.4. The average molecular weight is 348 g/mol. The number of fused-ring (bicyclic) bond motifs is 5. The molecule has 2 aliphatic heterocycles. The first-order valence-corrected chi connectivity index (χ1v) is 10.6. The van der Waals surface area contributed by atoms with Gasteiger partial charge in [-0.25, -0.2) is 0 Å². The van der Waals surface area contributed by atoms with Gasteiger partial charge in [0, 0.05) is 23.7 Å². The molecular weight excluding hydrogens is 316 g/mol. The highest BCUT2D eigenvalue weighted by Crippen LogP contribution is 2.74. The van der Waals surface area contributed by atoms with E-state index >= 15 is 0 Å². The van der Waals surface area contributed by atoms with Gasteiger partial charge < -0.3 is 19.3 Å². The Balaban J connectivity index is 1.36. The first-order valence-electron chi connectivity index (χ1n) is 10.6. The van der Waals surface area contributed by atoms with Crippen LogP contribution >= 0.6 is 0 Å². The second kappa shape index (κ2) is 4.63. The van der Waals surface area contributed by atoms with Crippen molar-refractivity contribution in [2.45, 2.75) is 88.8 Å². The van der Waals surface area contributed by atoms with Crippen LogP contribution in [-0.4, -0.2) is 41.9 Å². The van der Waals surface area contributed by atoms with Crippen LogP contribution in [0.4, 0.5) is 0 Å². The van der Waals surface area contributed by atoms with Crippen molar-refractivity contribution in [3.63, 3.8) is 0 Å². The minimum Gasteiger partial charge on any atom is -0.393 e. The van der Waals surface area contributed by atoms with Crippen LogP contribution < -0.4 is 0 Å². The molecule has 25 heavy (non-hydrogen) atoms. The molecule has 6 rings (SSSR count). The number of aliphatic hydroxyl groups excluding tert-OH is 1. The summed E-state index contributed by atoms with van der Waals surface area (Å²) < 4.78 is 18.9. The van der Waals surface area contributed by atoms with E-state index < -0.39 is 0 Å². The van der Waals surface area contributed by atoms with Gasteiger partial charge >= 0.3 is 0 Å². The fourth-order valence-corrected chi connectivity index (χ4v) is 8.54. The van der Waals surface area contributed by atoms with E-state index in [-0.39, 0.29) is 28.3 Å². The minimum atomic E-state index is -0.300. The third-order valence-corrected chi connectivity index (χ3v) is 9.86. The van der Waals surface area contributed by atoms with E-state index in [0.717, 1.165) is 50.7 Å². The van der Waals surface area contributed by atoms with Crippen molar-refractivity contribution in [1.29, 1.82) is 0 Å². The lowest BCUT2D eigenvalue weighted by molar-refractivity contribution is -0.245. The van der Waals surface area contributed by atoms with Crippen LogP contribution in [0.15, 0.2) is 0 Å². The predicted octanol–water partition coefficient (Wildman–Crippen LogP) is 3.26. The van der Waals surface area contributed by atoms with Gasteiger partial charge in [0.15, 0.2) is 5.79 Å². The van der Waals surface area contributed by atoms with Gasteiger partial charge in [-0.1, -0.05) is 13.8 Å². The van der Waals surface area contributed by atoms with E-state index in [0.29, 0.717) is 12.0 Å². The summed E-state index contributed by atoms with van der Waals surface area (Å²) in [4.78, 5) is 0. The molecule has 2 heterocycles. The summed E-state index contributed by atoms with van der Waals surface area (Å²) >= 11 is 0. The van der Waals surface area contributed by atoms with Gasteiger partial charge in [0.25, 0.3) is 0 Å². The number of hydrogen-bond donors (Lipinski definition) is 1. The molecule has 6 fully saturated rings. The van der Waals surface area contributed by atoms with Gasteiger partial charge in [0.05, 0.1) is 25.4 Å². The Hall–Kier alpha value is -0.160. The molecule has 4 aliphatic carbocycles. The molecule has 0 aromatic carbocycles. The number of epoxide rings is 1. The quantitative estimate of drug-likeness (QED) is 0.683. The number of aliphatic hydroxyl groups is 1. The Morgan fingerprint density at radius 3 is 2.36 bits per heavy atom. The smallest absolute Gasteiger partial charge is 0.174 e. The SMILES string of the molecule is C[C@]12CCC3C(C[C@@H]4O[C@@]45C[C@@H](O)CC[C@]35C)C1CCC21OCCO1. The molecule has 0 aromatic rings. The second-order valence-corrected chi connectivity index (χ2v) is 10.4. The van der Waals surface area contributed by atoms with Crippen LogP contribution in [0.25, 0.3) is 0 Å². The molecule has 0 radical (unpaired) electrons. The molecule has 0 bridgehead atoms. The van der Waals surface area contributed by atoms with Gasteiger partial charge in [-0.3, -0.25) is 0 Å². The lowest BCUT2D eigenvalue weighted by atomic mass is 9.44. The lowest BCUT2D eigenvalue weighted by Crippen LogP contribution is -2.60. The van der Waals surface area contributed by atoms with E-state index in [9.17, 15) is 5.11 Å². The van der Waals surface area contributed by atoms with Crippen molar-refractivity contribution < 1.29 is 19.3 Å². The third kappa shape index (κ3) is 1.66. The van der Waals surface area contributed by atoms with Crippen LogP contribution in [0, 0.1) is 28.6 Å².